The number of amides is 2. The van der Waals surface area contributed by atoms with E-state index in [0.29, 0.717) is 24.4 Å². The number of hydrogen-bond donors (Lipinski definition) is 1. The van der Waals surface area contributed by atoms with Crippen molar-refractivity contribution in [1.82, 2.24) is 10.2 Å². The third-order valence-corrected chi connectivity index (χ3v) is 6.44. The van der Waals surface area contributed by atoms with E-state index in [1.807, 2.05) is 67.6 Å². The maximum Gasteiger partial charge on any atom is 0.294 e. The van der Waals surface area contributed by atoms with Crippen LogP contribution in [-0.2, 0) is 11.3 Å². The minimum absolute atomic E-state index is 0.105. The van der Waals surface area contributed by atoms with Gasteiger partial charge in [-0.15, -0.1) is 0 Å². The van der Waals surface area contributed by atoms with E-state index >= 15 is 0 Å². The molecule has 0 bridgehead atoms. The van der Waals surface area contributed by atoms with Gasteiger partial charge < -0.3 is 15.0 Å². The van der Waals surface area contributed by atoms with Crippen molar-refractivity contribution in [2.75, 3.05) is 31.6 Å². The van der Waals surface area contributed by atoms with E-state index in [0.717, 1.165) is 42.7 Å². The van der Waals surface area contributed by atoms with E-state index < -0.39 is 0 Å². The number of rotatable bonds is 10. The number of likely N-dealkylation sites (N-methyl/N-ethyl adjacent to an activating group) is 1. The van der Waals surface area contributed by atoms with Gasteiger partial charge >= 0.3 is 0 Å². The molecule has 0 unspecified atom stereocenters. The first-order chi connectivity index (χ1) is 17.9. The molecular weight excluding hydrogens is 462 g/mol. The van der Waals surface area contributed by atoms with Gasteiger partial charge in [-0.05, 0) is 68.4 Å². The van der Waals surface area contributed by atoms with Crippen molar-refractivity contribution < 1.29 is 14.3 Å². The Balaban J connectivity index is 1.45. The summed E-state index contributed by atoms with van der Waals surface area (Å²) in [5.41, 5.74) is 4.34. The zero-order chi connectivity index (χ0) is 26.2. The van der Waals surface area contributed by atoms with Crippen molar-refractivity contribution in [3.8, 4) is 5.75 Å². The Morgan fingerprint density at radius 2 is 1.73 bits per heavy atom. The molecule has 1 aliphatic heterocycles. The number of nitrogens with zero attached hydrogens (tertiary/aromatic N) is 2. The Morgan fingerprint density at radius 3 is 2.46 bits per heavy atom. The number of carbonyl (C=O) groups excluding carboxylic acids is 2. The van der Waals surface area contributed by atoms with E-state index in [-0.39, 0.29) is 17.6 Å². The van der Waals surface area contributed by atoms with Crippen molar-refractivity contribution in [3.05, 3.63) is 101 Å². The molecule has 2 amide bonds. The Labute approximate surface area is 219 Å². The maximum absolute atomic E-state index is 13.4. The molecule has 6 heteroatoms. The highest BCUT2D eigenvalue weighted by atomic mass is 16.5. The lowest BCUT2D eigenvalue weighted by molar-refractivity contribution is -0.117. The zero-order valence-corrected chi connectivity index (χ0v) is 21.9. The molecule has 0 aromatic heterocycles. The summed E-state index contributed by atoms with van der Waals surface area (Å²) in [6.45, 7) is 7.11. The Bertz CT molecular complexity index is 1250. The lowest BCUT2D eigenvalue weighted by Gasteiger charge is -2.30. The van der Waals surface area contributed by atoms with Crippen LogP contribution >= 0.6 is 0 Å². The smallest absolute Gasteiger partial charge is 0.294 e. The molecule has 0 saturated heterocycles. The fourth-order valence-corrected chi connectivity index (χ4v) is 4.18. The predicted octanol–water partition coefficient (Wildman–Crippen LogP) is 5.42. The van der Waals surface area contributed by atoms with Gasteiger partial charge in [-0.2, -0.15) is 0 Å². The molecule has 3 aromatic carbocycles. The number of carbonyl (C=O) groups is 2. The fourth-order valence-electron chi connectivity index (χ4n) is 4.18. The molecular formula is C31H35N3O3. The van der Waals surface area contributed by atoms with Gasteiger partial charge in [-0.25, -0.2) is 0 Å². The van der Waals surface area contributed by atoms with Gasteiger partial charge in [0.05, 0.1) is 12.2 Å². The molecule has 1 aliphatic rings. The van der Waals surface area contributed by atoms with Gasteiger partial charge in [-0.1, -0.05) is 67.4 Å². The summed E-state index contributed by atoms with van der Waals surface area (Å²) in [7, 11) is 2.07. The molecule has 0 atom stereocenters. The van der Waals surface area contributed by atoms with Crippen LogP contribution in [0.2, 0.25) is 0 Å². The minimum Gasteiger partial charge on any atom is -0.449 e. The average molecular weight is 498 g/mol. The second-order valence-electron chi connectivity index (χ2n) is 9.49. The summed E-state index contributed by atoms with van der Waals surface area (Å²) in [5, 5.41) is 2.98. The number of ether oxygens (including phenoxy) is 1. The highest BCUT2D eigenvalue weighted by Gasteiger charge is 2.30. The van der Waals surface area contributed by atoms with Gasteiger partial charge in [0.25, 0.3) is 11.8 Å². The van der Waals surface area contributed by atoms with E-state index in [9.17, 15) is 9.59 Å². The summed E-state index contributed by atoms with van der Waals surface area (Å²) >= 11 is 0. The molecule has 0 saturated carbocycles. The number of hydrogen-bond acceptors (Lipinski definition) is 4. The Morgan fingerprint density at radius 1 is 1.00 bits per heavy atom. The number of unbranched alkanes of at least 4 members (excludes halogenated alkanes) is 1. The fraction of sp³-hybridized carbons (Fsp3) is 0.290. The normalized spacial score (nSPS) is 14.0. The van der Waals surface area contributed by atoms with Crippen LogP contribution in [0.4, 0.5) is 5.69 Å². The lowest BCUT2D eigenvalue weighted by Crippen LogP contribution is -2.36. The first kappa shape index (κ1) is 26.2. The Hall–Kier alpha value is -3.90. The topological polar surface area (TPSA) is 61.9 Å². The maximum atomic E-state index is 13.4. The molecule has 1 heterocycles. The van der Waals surface area contributed by atoms with Crippen LogP contribution in [0, 0.1) is 6.92 Å². The number of fused-ring (bicyclic) bond motifs is 1. The largest absolute Gasteiger partial charge is 0.449 e. The van der Waals surface area contributed by atoms with E-state index in [4.69, 9.17) is 4.74 Å². The van der Waals surface area contributed by atoms with Gasteiger partial charge in [0.1, 0.15) is 0 Å². The van der Waals surface area contributed by atoms with E-state index in [2.05, 4.69) is 24.2 Å². The van der Waals surface area contributed by atoms with Gasteiger partial charge in [0.15, 0.2) is 11.5 Å². The van der Waals surface area contributed by atoms with Crippen LogP contribution in [-0.4, -0.2) is 43.4 Å². The predicted molar refractivity (Wildman–Crippen MR) is 149 cm³/mol. The summed E-state index contributed by atoms with van der Waals surface area (Å²) in [5.74, 6) is 0.582. The highest BCUT2D eigenvalue weighted by molar-refractivity contribution is 6.09. The molecule has 0 fully saturated rings. The summed E-state index contributed by atoms with van der Waals surface area (Å²) in [6.07, 6.45) is 4.04. The first-order valence-corrected chi connectivity index (χ1v) is 12.9. The van der Waals surface area contributed by atoms with Crippen LogP contribution in [0.3, 0.4) is 0 Å². The zero-order valence-electron chi connectivity index (χ0n) is 21.9. The van der Waals surface area contributed by atoms with Crippen molar-refractivity contribution in [3.63, 3.8) is 0 Å². The number of anilines is 1. The van der Waals surface area contributed by atoms with Crippen molar-refractivity contribution >= 4 is 23.6 Å². The number of para-hydroxylation sites is 2. The van der Waals surface area contributed by atoms with Gasteiger partial charge in [-0.3, -0.25) is 14.5 Å². The van der Waals surface area contributed by atoms with Crippen LogP contribution in [0.1, 0.15) is 46.8 Å². The Kier molecular flexibility index (Phi) is 8.75. The summed E-state index contributed by atoms with van der Waals surface area (Å²) < 4.78 is 6.00. The van der Waals surface area contributed by atoms with Crippen molar-refractivity contribution in [2.24, 2.45) is 0 Å². The van der Waals surface area contributed by atoms with Crippen molar-refractivity contribution in [1.29, 1.82) is 0 Å². The van der Waals surface area contributed by atoms with Crippen molar-refractivity contribution in [2.45, 2.75) is 33.2 Å². The molecule has 0 aliphatic carbocycles. The van der Waals surface area contributed by atoms with Crippen LogP contribution < -0.4 is 15.0 Å². The second-order valence-corrected chi connectivity index (χ2v) is 9.49. The highest BCUT2D eigenvalue weighted by Crippen LogP contribution is 2.36. The quantitative estimate of drug-likeness (QED) is 0.380. The molecule has 1 N–H and O–H groups in total. The molecule has 37 heavy (non-hydrogen) atoms. The van der Waals surface area contributed by atoms with Crippen LogP contribution in [0.25, 0.3) is 6.08 Å². The molecule has 192 valence electrons. The second kappa shape index (κ2) is 12.4. The molecule has 6 nitrogen and oxygen atoms in total. The van der Waals surface area contributed by atoms with E-state index in [1.54, 1.807) is 23.1 Å². The minimum atomic E-state index is -0.201. The molecule has 3 aromatic rings. The average Bonchev–Trinajstić information content (AvgIpc) is 2.91. The third kappa shape index (κ3) is 6.86. The summed E-state index contributed by atoms with van der Waals surface area (Å²) in [6, 6.07) is 22.9. The SMILES string of the molecule is CCCCN(C)CCNC(=O)c1ccc(C=C2Oc3ccccc3N(Cc3ccc(C)cc3)C2=O)cc1. The van der Waals surface area contributed by atoms with Gasteiger partial charge in [0.2, 0.25) is 0 Å². The first-order valence-electron chi connectivity index (χ1n) is 12.9. The van der Waals surface area contributed by atoms with Crippen LogP contribution in [0.5, 0.6) is 5.75 Å². The lowest BCUT2D eigenvalue weighted by atomic mass is 10.1. The monoisotopic (exact) mass is 497 g/mol. The van der Waals surface area contributed by atoms with Crippen LogP contribution in [0.15, 0.2) is 78.6 Å². The summed E-state index contributed by atoms with van der Waals surface area (Å²) in [4.78, 5) is 29.9. The number of nitrogens with one attached hydrogen (secondary N) is 1. The standard InChI is InChI=1S/C31H35N3O3/c1-4-5-19-33(3)20-18-32-30(35)26-16-14-24(15-17-26)21-29-31(36)34(22-25-12-10-23(2)11-13-25)27-8-6-7-9-28(27)37-29/h6-17,21H,4-5,18-20,22H2,1-3H3,(H,32,35). The number of benzene rings is 3. The van der Waals surface area contributed by atoms with E-state index in [1.165, 1.54) is 5.56 Å². The molecule has 4 rings (SSSR count). The molecule has 0 radical (unpaired) electrons. The van der Waals surface area contributed by atoms with Gasteiger partial charge in [0, 0.05) is 18.7 Å². The third-order valence-electron chi connectivity index (χ3n) is 6.44. The number of aryl methyl sites for hydroxylation is 1. The molecule has 0 spiro atoms.